The third-order valence-electron chi connectivity index (χ3n) is 15.2. The van der Waals surface area contributed by atoms with Gasteiger partial charge >= 0.3 is 0 Å². The summed E-state index contributed by atoms with van der Waals surface area (Å²) in [6, 6.07) is 83.8. The van der Waals surface area contributed by atoms with Gasteiger partial charge in [0.1, 0.15) is 0 Å². The van der Waals surface area contributed by atoms with Gasteiger partial charge in [-0.2, -0.15) is 0 Å². The highest BCUT2D eigenvalue weighted by molar-refractivity contribution is 6.22. The van der Waals surface area contributed by atoms with Crippen LogP contribution in [-0.2, 0) is 10.8 Å². The van der Waals surface area contributed by atoms with Gasteiger partial charge in [0.15, 0.2) is 0 Å². The molecule has 0 radical (unpaired) electrons. The Balaban J connectivity index is 1.02. The van der Waals surface area contributed by atoms with Crippen molar-refractivity contribution in [3.05, 3.63) is 247 Å². The van der Waals surface area contributed by atoms with Gasteiger partial charge in [-0.1, -0.05) is 210 Å². The molecule has 0 aliphatic heterocycles. The molecule has 13 rings (SSSR count). The van der Waals surface area contributed by atoms with Gasteiger partial charge in [0.2, 0.25) is 0 Å². The molecule has 11 aromatic rings. The van der Waals surface area contributed by atoms with Crippen molar-refractivity contribution in [1.29, 1.82) is 0 Å². The third-order valence-corrected chi connectivity index (χ3v) is 15.2. The molecule has 0 atom stereocenters. The van der Waals surface area contributed by atoms with Gasteiger partial charge < -0.3 is 4.57 Å². The van der Waals surface area contributed by atoms with Crippen molar-refractivity contribution in [1.82, 2.24) is 4.57 Å². The van der Waals surface area contributed by atoms with Crippen LogP contribution in [0.25, 0.3) is 105 Å². The molecular weight excluding hydrogens is 807 g/mol. The summed E-state index contributed by atoms with van der Waals surface area (Å²) in [5.41, 5.74) is 24.0. The fourth-order valence-electron chi connectivity index (χ4n) is 11.9. The number of rotatable bonds is 6. The fourth-order valence-corrected chi connectivity index (χ4v) is 11.9. The average molecular weight is 856 g/mol. The molecule has 1 nitrogen and oxygen atoms in total. The molecule has 1 heterocycles. The molecule has 0 fully saturated rings. The molecule has 0 saturated heterocycles. The Morgan fingerprint density at radius 1 is 0.269 bits per heavy atom. The predicted octanol–water partition coefficient (Wildman–Crippen LogP) is 17.7. The maximum Gasteiger partial charge on any atom is 0.0535 e. The molecule has 2 aliphatic rings. The average Bonchev–Trinajstić information content (AvgIpc) is 3.99. The Morgan fingerprint density at radius 2 is 0.672 bits per heavy atom. The van der Waals surface area contributed by atoms with Crippen LogP contribution in [0.1, 0.15) is 49.9 Å². The van der Waals surface area contributed by atoms with E-state index in [0.29, 0.717) is 0 Å². The van der Waals surface area contributed by atoms with Crippen molar-refractivity contribution in [2.24, 2.45) is 0 Å². The van der Waals surface area contributed by atoms with Gasteiger partial charge in [-0.15, -0.1) is 0 Å². The van der Waals surface area contributed by atoms with E-state index in [1.54, 1.807) is 0 Å². The summed E-state index contributed by atoms with van der Waals surface area (Å²) in [4.78, 5) is 0. The minimum Gasteiger partial charge on any atom is -0.309 e. The van der Waals surface area contributed by atoms with E-state index in [1.165, 1.54) is 122 Å². The highest BCUT2D eigenvalue weighted by atomic mass is 15.0. The van der Waals surface area contributed by atoms with Gasteiger partial charge in [-0.3, -0.25) is 0 Å². The summed E-state index contributed by atoms with van der Waals surface area (Å²) in [6.07, 6.45) is 0. The molecule has 0 saturated carbocycles. The summed E-state index contributed by atoms with van der Waals surface area (Å²) in [5.74, 6) is 0. The Morgan fingerprint density at radius 3 is 1.19 bits per heavy atom. The molecule has 1 heteroatoms. The summed E-state index contributed by atoms with van der Waals surface area (Å²) in [6.45, 7) is 9.53. The SMILES string of the molecule is CC1(C)c2ccccc2-c2ccc(-c3c4ccccc4c(-c4ccc5c(c4)C(C)(C)c4ccccc4-5)c4cc(-c5ccc(-n6c(-c7ccccc7)ccc6-c6ccccc6)cc5)ccc34)cc21. The molecule has 2 aliphatic carbocycles. The first kappa shape index (κ1) is 39.4. The molecule has 0 unspecified atom stereocenters. The second-order valence-corrected chi connectivity index (χ2v) is 19.6. The Hall–Kier alpha value is -8.00. The standard InChI is InChI=1S/C66H49N/c1-65(2)57-25-15-13-21-49(57)51-34-30-46(40-59(51)65)63-53-23-11-12-24-54(53)64(47-31-35-52-50-22-14-16-26-58(50)66(3,4)60(52)41-47)56-39-45(29-36-55(56)63)42-27-32-48(33-28-42)67-61(43-17-7-5-8-18-43)37-38-62(67)44-19-9-6-10-20-44/h5-41H,1-4H3. The summed E-state index contributed by atoms with van der Waals surface area (Å²) >= 11 is 0. The van der Waals surface area contributed by atoms with E-state index in [0.717, 1.165) is 5.69 Å². The van der Waals surface area contributed by atoms with Crippen molar-refractivity contribution in [2.75, 3.05) is 0 Å². The Bertz CT molecular complexity index is 3710. The molecule has 1 aromatic heterocycles. The molecular formula is C66H49N. The van der Waals surface area contributed by atoms with Crippen LogP contribution in [0.4, 0.5) is 0 Å². The zero-order valence-electron chi connectivity index (χ0n) is 38.3. The summed E-state index contributed by atoms with van der Waals surface area (Å²) in [7, 11) is 0. The quantitative estimate of drug-likeness (QED) is 0.147. The lowest BCUT2D eigenvalue weighted by Gasteiger charge is -2.24. The van der Waals surface area contributed by atoms with Crippen LogP contribution < -0.4 is 0 Å². The molecule has 10 aromatic carbocycles. The highest BCUT2D eigenvalue weighted by Crippen LogP contribution is 2.54. The van der Waals surface area contributed by atoms with Crippen LogP contribution in [0.3, 0.4) is 0 Å². The minimum absolute atomic E-state index is 0.105. The first-order valence-electron chi connectivity index (χ1n) is 23.7. The van der Waals surface area contributed by atoms with E-state index in [2.05, 4.69) is 257 Å². The predicted molar refractivity (Wildman–Crippen MR) is 283 cm³/mol. The highest BCUT2D eigenvalue weighted by Gasteiger charge is 2.37. The van der Waals surface area contributed by atoms with E-state index in [9.17, 15) is 0 Å². The Kier molecular flexibility index (Phi) is 8.67. The summed E-state index contributed by atoms with van der Waals surface area (Å²) in [5, 5.41) is 5.06. The number of nitrogens with zero attached hydrogens (tertiary/aromatic N) is 1. The fraction of sp³-hybridized carbons (Fsp3) is 0.0909. The molecule has 0 spiro atoms. The van der Waals surface area contributed by atoms with Crippen molar-refractivity contribution in [3.8, 4) is 83.8 Å². The van der Waals surface area contributed by atoms with Gasteiger partial charge in [0.25, 0.3) is 0 Å². The second kappa shape index (κ2) is 14.8. The van der Waals surface area contributed by atoms with Crippen LogP contribution in [-0.4, -0.2) is 4.57 Å². The van der Waals surface area contributed by atoms with Crippen LogP contribution in [0.2, 0.25) is 0 Å². The van der Waals surface area contributed by atoms with Crippen LogP contribution in [0.15, 0.2) is 224 Å². The first-order chi connectivity index (χ1) is 32.8. The lowest BCUT2D eigenvalue weighted by atomic mass is 9.79. The second-order valence-electron chi connectivity index (χ2n) is 19.6. The molecule has 0 amide bonds. The normalized spacial score (nSPS) is 13.9. The zero-order valence-corrected chi connectivity index (χ0v) is 38.3. The van der Waals surface area contributed by atoms with Crippen molar-refractivity contribution in [3.63, 3.8) is 0 Å². The smallest absolute Gasteiger partial charge is 0.0535 e. The maximum atomic E-state index is 2.50. The summed E-state index contributed by atoms with van der Waals surface area (Å²) < 4.78 is 2.40. The van der Waals surface area contributed by atoms with Crippen molar-refractivity contribution in [2.45, 2.75) is 38.5 Å². The number of hydrogen-bond donors (Lipinski definition) is 0. The van der Waals surface area contributed by atoms with E-state index in [4.69, 9.17) is 0 Å². The van der Waals surface area contributed by atoms with E-state index in [1.807, 2.05) is 0 Å². The topological polar surface area (TPSA) is 4.93 Å². The Labute approximate surface area is 393 Å². The molecule has 67 heavy (non-hydrogen) atoms. The maximum absolute atomic E-state index is 2.50. The van der Waals surface area contributed by atoms with Crippen LogP contribution in [0, 0.1) is 0 Å². The van der Waals surface area contributed by atoms with Gasteiger partial charge in [-0.05, 0) is 153 Å². The minimum atomic E-state index is -0.115. The van der Waals surface area contributed by atoms with E-state index < -0.39 is 0 Å². The van der Waals surface area contributed by atoms with Crippen LogP contribution in [0.5, 0.6) is 0 Å². The molecule has 0 N–H and O–H groups in total. The van der Waals surface area contributed by atoms with Gasteiger partial charge in [0, 0.05) is 16.5 Å². The monoisotopic (exact) mass is 855 g/mol. The number of hydrogen-bond acceptors (Lipinski definition) is 0. The lowest BCUT2D eigenvalue weighted by molar-refractivity contribution is 0.660. The van der Waals surface area contributed by atoms with Crippen LogP contribution >= 0.6 is 0 Å². The zero-order chi connectivity index (χ0) is 45.0. The van der Waals surface area contributed by atoms with Gasteiger partial charge in [-0.25, -0.2) is 0 Å². The van der Waals surface area contributed by atoms with Crippen molar-refractivity contribution < 1.29 is 0 Å². The number of aromatic nitrogens is 1. The van der Waals surface area contributed by atoms with E-state index >= 15 is 0 Å². The molecule has 318 valence electrons. The van der Waals surface area contributed by atoms with Gasteiger partial charge in [0.05, 0.1) is 11.4 Å². The molecule has 0 bridgehead atoms. The number of benzene rings is 10. The third kappa shape index (κ3) is 5.94. The van der Waals surface area contributed by atoms with Crippen molar-refractivity contribution >= 4 is 21.5 Å². The largest absolute Gasteiger partial charge is 0.309 e. The number of fused-ring (bicyclic) bond motifs is 8. The van der Waals surface area contributed by atoms with E-state index in [-0.39, 0.29) is 10.8 Å². The lowest BCUT2D eigenvalue weighted by Crippen LogP contribution is -2.15. The first-order valence-corrected chi connectivity index (χ1v) is 23.7.